The summed E-state index contributed by atoms with van der Waals surface area (Å²) in [4.78, 5) is 19.5. The van der Waals surface area contributed by atoms with E-state index >= 15 is 0 Å². The van der Waals surface area contributed by atoms with Gasteiger partial charge in [-0.25, -0.2) is 8.42 Å². The van der Waals surface area contributed by atoms with E-state index in [2.05, 4.69) is 23.2 Å². The van der Waals surface area contributed by atoms with Crippen LogP contribution in [0.2, 0.25) is 0 Å². The minimum absolute atomic E-state index is 0.170. The predicted molar refractivity (Wildman–Crippen MR) is 134 cm³/mol. The third-order valence-electron chi connectivity index (χ3n) is 5.58. The Morgan fingerprint density at radius 2 is 2.18 bits per heavy atom. The molecule has 1 atom stereocenters. The Balaban J connectivity index is 1.62. The molecule has 7 nitrogen and oxygen atoms in total. The number of fused-ring (bicyclic) bond motifs is 1. The Kier molecular flexibility index (Phi) is 8.08. The SMILES string of the molecule is CCOCCn1c(=NC(=O)C2CCCN(S(=O)(=O)c3cccs3)C2)sc2cc(SC)ccc21. The van der Waals surface area contributed by atoms with Crippen LogP contribution in [0.3, 0.4) is 0 Å². The maximum atomic E-state index is 13.2. The highest BCUT2D eigenvalue weighted by Crippen LogP contribution is 2.27. The third-order valence-corrected chi connectivity index (χ3v) is 10.6. The summed E-state index contributed by atoms with van der Waals surface area (Å²) in [5.74, 6) is -0.705. The smallest absolute Gasteiger partial charge is 0.252 e. The Hall–Kier alpha value is -1.50. The molecule has 0 radical (unpaired) electrons. The molecule has 3 aromatic rings. The molecule has 3 heterocycles. The molecule has 1 aromatic carbocycles. The summed E-state index contributed by atoms with van der Waals surface area (Å²) in [5.41, 5.74) is 1.02. The van der Waals surface area contributed by atoms with Crippen LogP contribution in [0, 0.1) is 5.92 Å². The van der Waals surface area contributed by atoms with Crippen LogP contribution in [-0.2, 0) is 26.1 Å². The van der Waals surface area contributed by atoms with Crippen molar-refractivity contribution in [3.8, 4) is 0 Å². The van der Waals surface area contributed by atoms with Crippen molar-refractivity contribution in [2.75, 3.05) is 32.6 Å². The largest absolute Gasteiger partial charge is 0.380 e. The van der Waals surface area contributed by atoms with Gasteiger partial charge in [-0.15, -0.1) is 23.1 Å². The van der Waals surface area contributed by atoms with Gasteiger partial charge < -0.3 is 9.30 Å². The van der Waals surface area contributed by atoms with Crippen LogP contribution < -0.4 is 4.80 Å². The van der Waals surface area contributed by atoms with Crippen LogP contribution in [0.1, 0.15) is 19.8 Å². The number of aromatic nitrogens is 1. The van der Waals surface area contributed by atoms with Gasteiger partial charge >= 0.3 is 0 Å². The lowest BCUT2D eigenvalue weighted by atomic mass is 9.99. The first-order valence-electron chi connectivity index (χ1n) is 10.8. The topological polar surface area (TPSA) is 81.0 Å². The molecule has 1 saturated heterocycles. The molecular weight excluding hydrogens is 499 g/mol. The van der Waals surface area contributed by atoms with E-state index in [1.807, 2.05) is 17.7 Å². The average Bonchev–Trinajstić information content (AvgIpc) is 3.48. The first-order valence-corrected chi connectivity index (χ1v) is 15.2. The molecular formula is C22H27N3O4S4. The number of nitrogens with zero attached hydrogens (tertiary/aromatic N) is 3. The summed E-state index contributed by atoms with van der Waals surface area (Å²) >= 11 is 4.36. The number of thioether (sulfide) groups is 1. The number of hydrogen-bond donors (Lipinski definition) is 0. The van der Waals surface area contributed by atoms with Crippen molar-refractivity contribution in [2.24, 2.45) is 10.9 Å². The average molecular weight is 526 g/mol. The minimum Gasteiger partial charge on any atom is -0.380 e. The molecule has 0 bridgehead atoms. The van der Waals surface area contributed by atoms with Gasteiger partial charge in [-0.1, -0.05) is 17.4 Å². The Labute approximate surface area is 206 Å². The van der Waals surface area contributed by atoms with Gasteiger partial charge in [-0.05, 0) is 55.7 Å². The van der Waals surface area contributed by atoms with Gasteiger partial charge in [0.1, 0.15) is 4.21 Å². The molecule has 33 heavy (non-hydrogen) atoms. The van der Waals surface area contributed by atoms with Crippen LogP contribution in [0.4, 0.5) is 0 Å². The van der Waals surface area contributed by atoms with E-state index in [-0.39, 0.29) is 12.5 Å². The Bertz CT molecular complexity index is 1280. The van der Waals surface area contributed by atoms with E-state index in [0.717, 1.165) is 15.1 Å². The quantitative estimate of drug-likeness (QED) is 0.327. The highest BCUT2D eigenvalue weighted by Gasteiger charge is 2.33. The number of carbonyl (C=O) groups is 1. The minimum atomic E-state index is -3.57. The van der Waals surface area contributed by atoms with Crippen molar-refractivity contribution in [1.82, 2.24) is 8.87 Å². The summed E-state index contributed by atoms with van der Waals surface area (Å²) in [5, 5.41) is 1.75. The number of thiazole rings is 1. The fourth-order valence-corrected chi connectivity index (χ4v) is 8.15. The van der Waals surface area contributed by atoms with Crippen molar-refractivity contribution < 1.29 is 17.9 Å². The second kappa shape index (κ2) is 10.8. The lowest BCUT2D eigenvalue weighted by Gasteiger charge is -2.29. The molecule has 1 amide bonds. The van der Waals surface area contributed by atoms with E-state index in [4.69, 9.17) is 4.74 Å². The number of amides is 1. The molecule has 1 fully saturated rings. The maximum Gasteiger partial charge on any atom is 0.252 e. The number of sulfonamides is 1. The van der Waals surface area contributed by atoms with Crippen LogP contribution in [0.5, 0.6) is 0 Å². The number of piperidine rings is 1. The maximum absolute atomic E-state index is 13.2. The van der Waals surface area contributed by atoms with Gasteiger partial charge in [0.25, 0.3) is 15.9 Å². The van der Waals surface area contributed by atoms with E-state index < -0.39 is 15.9 Å². The monoisotopic (exact) mass is 525 g/mol. The summed E-state index contributed by atoms with van der Waals surface area (Å²) in [6, 6.07) is 9.57. The van der Waals surface area contributed by atoms with Crippen LogP contribution in [0.15, 0.2) is 49.8 Å². The highest BCUT2D eigenvalue weighted by molar-refractivity contribution is 7.98. The fourth-order valence-electron chi connectivity index (χ4n) is 3.87. The summed E-state index contributed by atoms with van der Waals surface area (Å²) in [6.07, 6.45) is 3.31. The number of rotatable bonds is 8. The molecule has 178 valence electrons. The van der Waals surface area contributed by atoms with Gasteiger partial charge in [-0.3, -0.25) is 4.79 Å². The molecule has 0 aliphatic carbocycles. The van der Waals surface area contributed by atoms with E-state index in [1.165, 1.54) is 27.0 Å². The van der Waals surface area contributed by atoms with Gasteiger partial charge in [0.05, 0.1) is 22.7 Å². The van der Waals surface area contributed by atoms with Crippen LogP contribution >= 0.6 is 34.4 Å². The number of carbonyl (C=O) groups excluding carboxylic acids is 1. The van der Waals surface area contributed by atoms with E-state index in [0.29, 0.717) is 48.2 Å². The zero-order chi connectivity index (χ0) is 23.4. The summed E-state index contributed by atoms with van der Waals surface area (Å²) < 4.78 is 36.2. The summed E-state index contributed by atoms with van der Waals surface area (Å²) in [6.45, 7) is 4.31. The normalized spacial score (nSPS) is 18.2. The molecule has 1 aliphatic heterocycles. The third kappa shape index (κ3) is 5.44. The van der Waals surface area contributed by atoms with Crippen molar-refractivity contribution in [2.45, 2.75) is 35.4 Å². The highest BCUT2D eigenvalue weighted by atomic mass is 32.2. The molecule has 2 aromatic heterocycles. The van der Waals surface area contributed by atoms with Crippen molar-refractivity contribution >= 4 is 60.6 Å². The van der Waals surface area contributed by atoms with Crippen molar-refractivity contribution in [1.29, 1.82) is 0 Å². The molecule has 0 spiro atoms. The standard InChI is InChI=1S/C22H27N3O4S4/c1-3-29-12-11-25-18-9-8-17(30-2)14-19(18)32-22(25)23-21(26)16-6-4-10-24(15-16)33(27,28)20-7-5-13-31-20/h5,7-9,13-14,16H,3-4,6,10-12,15H2,1-2H3. The first-order chi connectivity index (χ1) is 15.9. The predicted octanol–water partition coefficient (Wildman–Crippen LogP) is 4.05. The molecule has 0 saturated carbocycles. The Morgan fingerprint density at radius 3 is 2.91 bits per heavy atom. The van der Waals surface area contributed by atoms with Crippen LogP contribution in [0.25, 0.3) is 10.2 Å². The van der Waals surface area contributed by atoms with Gasteiger partial charge in [0, 0.05) is 31.1 Å². The van der Waals surface area contributed by atoms with Crippen molar-refractivity contribution in [3.05, 3.63) is 40.5 Å². The van der Waals surface area contributed by atoms with Gasteiger partial charge in [-0.2, -0.15) is 9.30 Å². The number of thiophene rings is 1. The number of benzene rings is 1. The second-order valence-corrected chi connectivity index (χ2v) is 12.7. The molecule has 0 N–H and O–H groups in total. The molecule has 11 heteroatoms. The summed E-state index contributed by atoms with van der Waals surface area (Å²) in [7, 11) is -3.57. The number of ether oxygens (including phenoxy) is 1. The lowest BCUT2D eigenvalue weighted by molar-refractivity contribution is -0.122. The molecule has 1 aliphatic rings. The number of hydrogen-bond acceptors (Lipinski definition) is 7. The van der Waals surface area contributed by atoms with E-state index in [9.17, 15) is 13.2 Å². The van der Waals surface area contributed by atoms with Crippen LogP contribution in [-0.4, -0.2) is 55.8 Å². The van der Waals surface area contributed by atoms with Crippen molar-refractivity contribution in [3.63, 3.8) is 0 Å². The second-order valence-electron chi connectivity index (χ2n) is 7.65. The zero-order valence-electron chi connectivity index (χ0n) is 18.6. The zero-order valence-corrected chi connectivity index (χ0v) is 21.9. The van der Waals surface area contributed by atoms with Gasteiger partial charge in [0.2, 0.25) is 0 Å². The Morgan fingerprint density at radius 1 is 1.33 bits per heavy atom. The van der Waals surface area contributed by atoms with E-state index in [1.54, 1.807) is 29.3 Å². The molecule has 1 unspecified atom stereocenters. The fraction of sp³-hybridized carbons (Fsp3) is 0.455. The molecule has 4 rings (SSSR count). The van der Waals surface area contributed by atoms with Gasteiger partial charge in [0.15, 0.2) is 4.80 Å². The first kappa shape index (κ1) is 24.6. The lowest BCUT2D eigenvalue weighted by Crippen LogP contribution is -2.42.